The Kier molecular flexibility index (Phi) is 2.87. The van der Waals surface area contributed by atoms with Crippen LogP contribution in [0.2, 0.25) is 0 Å². The molecule has 0 saturated carbocycles. The first kappa shape index (κ1) is 11.3. The largest absolute Gasteiger partial charge is 0.489 e. The van der Waals surface area contributed by atoms with Crippen molar-refractivity contribution < 1.29 is 9.15 Å². The van der Waals surface area contributed by atoms with E-state index in [1.165, 1.54) is 6.39 Å². The molecule has 0 atom stereocenters. The molecule has 0 aliphatic carbocycles. The summed E-state index contributed by atoms with van der Waals surface area (Å²) in [5, 5.41) is 9.00. The van der Waals surface area contributed by atoms with Gasteiger partial charge in [-0.15, -0.1) is 0 Å². The zero-order valence-corrected chi connectivity index (χ0v) is 10.0. The van der Waals surface area contributed by atoms with Crippen LogP contribution >= 0.6 is 0 Å². The van der Waals surface area contributed by atoms with Crippen LogP contribution < -0.4 is 4.74 Å². The number of oxazole rings is 1. The average molecular weight is 250 g/mol. The molecule has 0 N–H and O–H groups in total. The Hall–Kier alpha value is -2.80. The number of ether oxygens (including phenoxy) is 1. The van der Waals surface area contributed by atoms with Gasteiger partial charge in [-0.05, 0) is 18.2 Å². The van der Waals surface area contributed by atoms with E-state index in [1.807, 2.05) is 36.4 Å². The van der Waals surface area contributed by atoms with Crippen LogP contribution in [0, 0.1) is 11.3 Å². The smallest absolute Gasteiger partial charge is 0.181 e. The second-order valence-corrected chi connectivity index (χ2v) is 4.04. The van der Waals surface area contributed by atoms with E-state index in [4.69, 9.17) is 14.4 Å². The Morgan fingerprint density at radius 1 is 1.21 bits per heavy atom. The summed E-state index contributed by atoms with van der Waals surface area (Å²) < 4.78 is 10.8. The van der Waals surface area contributed by atoms with Crippen molar-refractivity contribution in [2.75, 3.05) is 0 Å². The van der Waals surface area contributed by atoms with Gasteiger partial charge >= 0.3 is 0 Å². The molecule has 0 fully saturated rings. The summed E-state index contributed by atoms with van der Waals surface area (Å²) in [4.78, 5) is 4.07. The summed E-state index contributed by atoms with van der Waals surface area (Å²) in [7, 11) is 0. The Morgan fingerprint density at radius 3 is 3.00 bits per heavy atom. The first-order chi connectivity index (χ1) is 9.36. The molecule has 0 aliphatic rings. The number of fused-ring (bicyclic) bond motifs is 1. The van der Waals surface area contributed by atoms with Crippen LogP contribution in [-0.4, -0.2) is 4.98 Å². The van der Waals surface area contributed by atoms with Gasteiger partial charge in [0.2, 0.25) is 0 Å². The molecule has 0 spiro atoms. The van der Waals surface area contributed by atoms with Gasteiger partial charge in [0.25, 0.3) is 0 Å². The van der Waals surface area contributed by atoms with Crippen molar-refractivity contribution in [1.29, 1.82) is 5.26 Å². The summed E-state index contributed by atoms with van der Waals surface area (Å²) in [6.45, 7) is 0.354. The van der Waals surface area contributed by atoms with Gasteiger partial charge in [-0.1, -0.05) is 18.2 Å². The fourth-order valence-corrected chi connectivity index (χ4v) is 1.84. The van der Waals surface area contributed by atoms with Crippen LogP contribution in [0.15, 0.2) is 53.3 Å². The number of hydrogen-bond donors (Lipinski definition) is 0. The van der Waals surface area contributed by atoms with Crippen molar-refractivity contribution in [3.8, 4) is 11.8 Å². The van der Waals surface area contributed by atoms with E-state index >= 15 is 0 Å². The minimum absolute atomic E-state index is 0.354. The Bertz CT molecular complexity index is 756. The maximum absolute atomic E-state index is 9.00. The van der Waals surface area contributed by atoms with Gasteiger partial charge in [0.05, 0.1) is 11.6 Å². The van der Waals surface area contributed by atoms with E-state index in [1.54, 1.807) is 6.07 Å². The average Bonchev–Trinajstić information content (AvgIpc) is 2.93. The highest BCUT2D eigenvalue weighted by molar-refractivity contribution is 5.73. The predicted molar refractivity (Wildman–Crippen MR) is 69.5 cm³/mol. The molecule has 1 aromatic heterocycles. The topological polar surface area (TPSA) is 59.0 Å². The van der Waals surface area contributed by atoms with Gasteiger partial charge in [0.1, 0.15) is 17.9 Å². The standard InChI is InChI=1S/C15H10N2O2/c16-8-11-3-1-2-4-12(11)9-18-13-5-6-15-14(7-13)17-10-19-15/h1-7,10H,9H2. The minimum atomic E-state index is 0.354. The number of nitrogens with zero attached hydrogens (tertiary/aromatic N) is 2. The number of hydrogen-bond acceptors (Lipinski definition) is 4. The van der Waals surface area contributed by atoms with Crippen molar-refractivity contribution in [3.63, 3.8) is 0 Å². The molecular formula is C15H10N2O2. The van der Waals surface area contributed by atoms with E-state index in [9.17, 15) is 0 Å². The van der Waals surface area contributed by atoms with E-state index in [0.717, 1.165) is 16.7 Å². The molecule has 0 aliphatic heterocycles. The van der Waals surface area contributed by atoms with Crippen LogP contribution in [0.4, 0.5) is 0 Å². The molecule has 4 nitrogen and oxygen atoms in total. The monoisotopic (exact) mass is 250 g/mol. The number of benzene rings is 2. The molecular weight excluding hydrogens is 240 g/mol. The molecule has 0 radical (unpaired) electrons. The fourth-order valence-electron chi connectivity index (χ4n) is 1.84. The van der Waals surface area contributed by atoms with Gasteiger partial charge in [-0.3, -0.25) is 0 Å². The fraction of sp³-hybridized carbons (Fsp3) is 0.0667. The third-order valence-corrected chi connectivity index (χ3v) is 2.83. The highest BCUT2D eigenvalue weighted by atomic mass is 16.5. The van der Waals surface area contributed by atoms with Crippen LogP contribution in [0.25, 0.3) is 11.1 Å². The molecule has 4 heteroatoms. The van der Waals surface area contributed by atoms with Crippen molar-refractivity contribution in [3.05, 3.63) is 60.0 Å². The van der Waals surface area contributed by atoms with E-state index in [2.05, 4.69) is 11.1 Å². The molecule has 1 heterocycles. The van der Waals surface area contributed by atoms with Crippen molar-refractivity contribution in [2.45, 2.75) is 6.61 Å². The molecule has 3 rings (SSSR count). The zero-order valence-electron chi connectivity index (χ0n) is 10.0. The summed E-state index contributed by atoms with van der Waals surface area (Å²) in [6.07, 6.45) is 1.40. The quantitative estimate of drug-likeness (QED) is 0.715. The lowest BCUT2D eigenvalue weighted by Crippen LogP contribution is -1.97. The van der Waals surface area contributed by atoms with Gasteiger partial charge < -0.3 is 9.15 Å². The Balaban J connectivity index is 1.80. The van der Waals surface area contributed by atoms with E-state index in [-0.39, 0.29) is 0 Å². The molecule has 0 amide bonds. The predicted octanol–water partition coefficient (Wildman–Crippen LogP) is 3.28. The second-order valence-electron chi connectivity index (χ2n) is 4.04. The van der Waals surface area contributed by atoms with E-state index < -0.39 is 0 Å². The summed E-state index contributed by atoms with van der Waals surface area (Å²) in [5.41, 5.74) is 2.98. The molecule has 2 aromatic carbocycles. The molecule has 0 bridgehead atoms. The van der Waals surface area contributed by atoms with Gasteiger partial charge in [0, 0.05) is 11.6 Å². The lowest BCUT2D eigenvalue weighted by molar-refractivity contribution is 0.306. The summed E-state index contributed by atoms with van der Waals surface area (Å²) in [5.74, 6) is 0.703. The zero-order chi connectivity index (χ0) is 13.1. The first-order valence-electron chi connectivity index (χ1n) is 5.81. The van der Waals surface area contributed by atoms with Crippen molar-refractivity contribution in [2.24, 2.45) is 0 Å². The highest BCUT2D eigenvalue weighted by Gasteiger charge is 2.04. The Morgan fingerprint density at radius 2 is 2.11 bits per heavy atom. The third kappa shape index (κ3) is 2.26. The number of nitriles is 1. The summed E-state index contributed by atoms with van der Waals surface area (Å²) >= 11 is 0. The SMILES string of the molecule is N#Cc1ccccc1COc1ccc2ocnc2c1. The van der Waals surface area contributed by atoms with Crippen molar-refractivity contribution >= 4 is 11.1 Å². The third-order valence-electron chi connectivity index (χ3n) is 2.83. The lowest BCUT2D eigenvalue weighted by atomic mass is 10.1. The molecule has 19 heavy (non-hydrogen) atoms. The maximum Gasteiger partial charge on any atom is 0.181 e. The lowest BCUT2D eigenvalue weighted by Gasteiger charge is -2.07. The van der Waals surface area contributed by atoms with Crippen LogP contribution in [0.3, 0.4) is 0 Å². The molecule has 92 valence electrons. The van der Waals surface area contributed by atoms with Crippen LogP contribution in [0.1, 0.15) is 11.1 Å². The second kappa shape index (κ2) is 4.83. The van der Waals surface area contributed by atoms with Gasteiger partial charge in [-0.25, -0.2) is 4.98 Å². The number of rotatable bonds is 3. The molecule has 0 unspecified atom stereocenters. The Labute approximate surface area is 109 Å². The highest BCUT2D eigenvalue weighted by Crippen LogP contribution is 2.20. The normalized spacial score (nSPS) is 10.3. The molecule has 3 aromatic rings. The van der Waals surface area contributed by atoms with Crippen molar-refractivity contribution in [1.82, 2.24) is 4.98 Å². The van der Waals surface area contributed by atoms with Crippen LogP contribution in [-0.2, 0) is 6.61 Å². The van der Waals surface area contributed by atoms with Crippen LogP contribution in [0.5, 0.6) is 5.75 Å². The maximum atomic E-state index is 9.00. The van der Waals surface area contributed by atoms with Gasteiger partial charge in [-0.2, -0.15) is 5.26 Å². The number of aromatic nitrogens is 1. The van der Waals surface area contributed by atoms with Gasteiger partial charge in [0.15, 0.2) is 12.0 Å². The first-order valence-corrected chi connectivity index (χ1v) is 5.81. The van der Waals surface area contributed by atoms with E-state index in [0.29, 0.717) is 17.9 Å². The molecule has 0 saturated heterocycles. The summed E-state index contributed by atoms with van der Waals surface area (Å²) in [6, 6.07) is 15.0. The minimum Gasteiger partial charge on any atom is -0.489 e.